The number of halogens is 1. The molecule has 0 saturated heterocycles. The van der Waals surface area contributed by atoms with E-state index in [0.29, 0.717) is 5.75 Å². The summed E-state index contributed by atoms with van der Waals surface area (Å²) in [5, 5.41) is 3.05. The fourth-order valence-corrected chi connectivity index (χ4v) is 6.14. The van der Waals surface area contributed by atoms with Gasteiger partial charge in [0.25, 0.3) is 5.91 Å². The predicted molar refractivity (Wildman–Crippen MR) is 101 cm³/mol. The minimum absolute atomic E-state index is 0.0600. The molecule has 0 radical (unpaired) electrons. The number of carbonyl (C=O) groups is 2. The Labute approximate surface area is 165 Å². The third kappa shape index (κ3) is 3.61. The largest absolute Gasteiger partial charge is 0.497 e. The fraction of sp³-hybridized carbons (Fsp3) is 0.636. The first-order chi connectivity index (χ1) is 13.4. The number of esters is 1. The Hall–Kier alpha value is -2.11. The van der Waals surface area contributed by atoms with E-state index in [2.05, 4.69) is 12.2 Å². The molecule has 5 nitrogen and oxygen atoms in total. The number of benzene rings is 1. The summed E-state index contributed by atoms with van der Waals surface area (Å²) in [5.41, 5.74) is -0.0148. The second-order valence-electron chi connectivity index (χ2n) is 8.99. The zero-order valence-corrected chi connectivity index (χ0v) is 16.5. The number of hydrogen-bond donors (Lipinski definition) is 1. The van der Waals surface area contributed by atoms with Gasteiger partial charge in [-0.1, -0.05) is 0 Å². The van der Waals surface area contributed by atoms with Crippen LogP contribution in [0.25, 0.3) is 0 Å². The maximum absolute atomic E-state index is 14.0. The number of rotatable bonds is 6. The zero-order valence-electron chi connectivity index (χ0n) is 16.5. The van der Waals surface area contributed by atoms with E-state index in [1.807, 2.05) is 0 Å². The Morgan fingerprint density at radius 2 is 1.79 bits per heavy atom. The standard InChI is InChI=1S/C22H28FNO4/c1-13(22-9-14-5-15(10-22)7-16(6-14)11-22)24-20(25)12-28-21(26)18-4-3-17(27-2)8-19(18)23/h3-4,8,13-16H,5-7,9-12H2,1-2H3,(H,24,25)/t13-,14?,15?,16?,22?/m1/s1. The summed E-state index contributed by atoms with van der Waals surface area (Å²) >= 11 is 0. The monoisotopic (exact) mass is 389 g/mol. The highest BCUT2D eigenvalue weighted by Gasteiger charge is 2.53. The molecule has 1 N–H and O–H groups in total. The third-order valence-corrected chi connectivity index (χ3v) is 7.11. The molecule has 0 aliphatic heterocycles. The number of ether oxygens (including phenoxy) is 2. The van der Waals surface area contributed by atoms with Crippen molar-refractivity contribution in [3.63, 3.8) is 0 Å². The van der Waals surface area contributed by atoms with Gasteiger partial charge in [-0.25, -0.2) is 9.18 Å². The first-order valence-corrected chi connectivity index (χ1v) is 10.2. The van der Waals surface area contributed by atoms with Crippen molar-refractivity contribution in [2.24, 2.45) is 23.2 Å². The molecule has 4 bridgehead atoms. The second-order valence-corrected chi connectivity index (χ2v) is 8.99. The molecule has 5 rings (SSSR count). The van der Waals surface area contributed by atoms with Crippen LogP contribution in [0, 0.1) is 29.0 Å². The fourth-order valence-electron chi connectivity index (χ4n) is 6.14. The average Bonchev–Trinajstić information content (AvgIpc) is 2.64. The SMILES string of the molecule is COc1ccc(C(=O)OCC(=O)N[C@H](C)C23CC4CC(CC(C4)C2)C3)c(F)c1. The lowest BCUT2D eigenvalue weighted by Gasteiger charge is -2.59. The highest BCUT2D eigenvalue weighted by molar-refractivity contribution is 5.91. The summed E-state index contributed by atoms with van der Waals surface area (Å²) < 4.78 is 23.9. The van der Waals surface area contributed by atoms with Crippen LogP contribution in [0.3, 0.4) is 0 Å². The normalized spacial score (nSPS) is 31.3. The summed E-state index contributed by atoms with van der Waals surface area (Å²) in [6.45, 7) is 1.68. The molecule has 0 aromatic heterocycles. The zero-order chi connectivity index (χ0) is 19.9. The molecule has 1 aromatic carbocycles. The van der Waals surface area contributed by atoms with Crippen LogP contribution in [0.4, 0.5) is 4.39 Å². The molecule has 4 saturated carbocycles. The van der Waals surface area contributed by atoms with Crippen molar-refractivity contribution in [1.82, 2.24) is 5.32 Å². The van der Waals surface area contributed by atoms with Crippen molar-refractivity contribution < 1.29 is 23.5 Å². The smallest absolute Gasteiger partial charge is 0.341 e. The van der Waals surface area contributed by atoms with Crippen LogP contribution in [-0.4, -0.2) is 31.6 Å². The van der Waals surface area contributed by atoms with Gasteiger partial charge in [-0.15, -0.1) is 0 Å². The lowest BCUT2D eigenvalue weighted by Crippen LogP contribution is -2.56. The Kier molecular flexibility index (Phi) is 5.06. The van der Waals surface area contributed by atoms with E-state index in [0.717, 1.165) is 23.8 Å². The Morgan fingerprint density at radius 3 is 2.32 bits per heavy atom. The van der Waals surface area contributed by atoms with Gasteiger partial charge in [-0.05, 0) is 80.8 Å². The van der Waals surface area contributed by atoms with Gasteiger partial charge in [0.15, 0.2) is 6.61 Å². The van der Waals surface area contributed by atoms with Gasteiger partial charge in [0, 0.05) is 12.1 Å². The van der Waals surface area contributed by atoms with Crippen molar-refractivity contribution >= 4 is 11.9 Å². The van der Waals surface area contributed by atoms with Crippen molar-refractivity contribution in [2.75, 3.05) is 13.7 Å². The van der Waals surface area contributed by atoms with Crippen molar-refractivity contribution in [3.05, 3.63) is 29.6 Å². The summed E-state index contributed by atoms with van der Waals surface area (Å²) in [6.07, 6.45) is 7.63. The minimum atomic E-state index is -0.849. The van der Waals surface area contributed by atoms with Gasteiger partial charge in [-0.3, -0.25) is 4.79 Å². The van der Waals surface area contributed by atoms with E-state index < -0.39 is 18.4 Å². The molecule has 4 fully saturated rings. The van der Waals surface area contributed by atoms with E-state index in [1.165, 1.54) is 57.8 Å². The molecular formula is C22H28FNO4. The number of hydrogen-bond acceptors (Lipinski definition) is 4. The lowest BCUT2D eigenvalue weighted by atomic mass is 9.48. The molecule has 1 amide bonds. The molecule has 28 heavy (non-hydrogen) atoms. The van der Waals surface area contributed by atoms with Gasteiger partial charge in [-0.2, -0.15) is 0 Å². The number of amides is 1. The van der Waals surface area contributed by atoms with Gasteiger partial charge in [0.1, 0.15) is 11.6 Å². The van der Waals surface area contributed by atoms with Crippen molar-refractivity contribution in [1.29, 1.82) is 0 Å². The second kappa shape index (κ2) is 7.37. The number of methoxy groups -OCH3 is 1. The van der Waals surface area contributed by atoms with Crippen molar-refractivity contribution in [2.45, 2.75) is 51.5 Å². The maximum Gasteiger partial charge on any atom is 0.341 e. The van der Waals surface area contributed by atoms with E-state index in [-0.39, 0.29) is 22.9 Å². The van der Waals surface area contributed by atoms with E-state index in [1.54, 1.807) is 0 Å². The topological polar surface area (TPSA) is 64.6 Å². The van der Waals surface area contributed by atoms with E-state index >= 15 is 0 Å². The molecular weight excluding hydrogens is 361 g/mol. The molecule has 1 atom stereocenters. The van der Waals surface area contributed by atoms with Crippen LogP contribution in [0.15, 0.2) is 18.2 Å². The lowest BCUT2D eigenvalue weighted by molar-refractivity contribution is -0.128. The summed E-state index contributed by atoms with van der Waals surface area (Å²) in [7, 11) is 1.42. The summed E-state index contributed by atoms with van der Waals surface area (Å²) in [4.78, 5) is 24.5. The molecule has 0 spiro atoms. The number of carbonyl (C=O) groups excluding carboxylic acids is 2. The third-order valence-electron chi connectivity index (χ3n) is 7.11. The Balaban J connectivity index is 1.32. The molecule has 0 heterocycles. The van der Waals surface area contributed by atoms with Gasteiger partial charge < -0.3 is 14.8 Å². The Morgan fingerprint density at radius 1 is 1.18 bits per heavy atom. The average molecular weight is 389 g/mol. The molecule has 6 heteroatoms. The Bertz CT molecular complexity index is 743. The van der Waals surface area contributed by atoms with Crippen LogP contribution < -0.4 is 10.1 Å². The van der Waals surface area contributed by atoms with E-state index in [9.17, 15) is 14.0 Å². The predicted octanol–water partition coefficient (Wildman–Crippen LogP) is 3.71. The highest BCUT2D eigenvalue weighted by atomic mass is 19.1. The van der Waals surface area contributed by atoms with E-state index in [4.69, 9.17) is 9.47 Å². The quantitative estimate of drug-likeness (QED) is 0.754. The summed E-state index contributed by atoms with van der Waals surface area (Å²) in [5.74, 6) is 0.829. The maximum atomic E-state index is 14.0. The van der Waals surface area contributed by atoms with Crippen LogP contribution in [0.2, 0.25) is 0 Å². The molecule has 4 aliphatic rings. The number of nitrogens with one attached hydrogen (secondary N) is 1. The highest BCUT2D eigenvalue weighted by Crippen LogP contribution is 2.61. The first-order valence-electron chi connectivity index (χ1n) is 10.2. The van der Waals surface area contributed by atoms with Gasteiger partial charge >= 0.3 is 5.97 Å². The molecule has 4 aliphatic carbocycles. The van der Waals surface area contributed by atoms with Crippen LogP contribution >= 0.6 is 0 Å². The first kappa shape index (κ1) is 19.2. The molecule has 1 aromatic rings. The van der Waals surface area contributed by atoms with Crippen LogP contribution in [-0.2, 0) is 9.53 Å². The van der Waals surface area contributed by atoms with Gasteiger partial charge in [0.2, 0.25) is 0 Å². The molecule has 0 unspecified atom stereocenters. The molecule has 152 valence electrons. The van der Waals surface area contributed by atoms with Crippen LogP contribution in [0.5, 0.6) is 5.75 Å². The van der Waals surface area contributed by atoms with Crippen molar-refractivity contribution in [3.8, 4) is 5.75 Å². The van der Waals surface area contributed by atoms with Crippen LogP contribution in [0.1, 0.15) is 55.8 Å². The summed E-state index contributed by atoms with van der Waals surface area (Å²) in [6, 6.07) is 3.96. The minimum Gasteiger partial charge on any atom is -0.497 e. The van der Waals surface area contributed by atoms with Gasteiger partial charge in [0.05, 0.1) is 12.7 Å².